The second-order valence-electron chi connectivity index (χ2n) is 6.80. The van der Waals surface area contributed by atoms with Crippen molar-refractivity contribution in [3.63, 3.8) is 0 Å². The second-order valence-corrected chi connectivity index (χ2v) is 8.59. The first-order valence-electron chi connectivity index (χ1n) is 8.75. The maximum Gasteiger partial charge on any atom is 0.232 e. The second kappa shape index (κ2) is 7.42. The Morgan fingerprint density at radius 1 is 0.963 bits per heavy atom. The fourth-order valence-electron chi connectivity index (χ4n) is 3.94. The SMILES string of the molecule is O=C1CCCC2=C1C(c1ccc(Br)cc1)CC(=O)N2c1cc(Cl)cc(Cl)c1. The van der Waals surface area contributed by atoms with Crippen molar-refractivity contribution in [1.29, 1.82) is 0 Å². The van der Waals surface area contributed by atoms with Crippen LogP contribution in [0.1, 0.15) is 37.2 Å². The van der Waals surface area contributed by atoms with Crippen LogP contribution in [0.4, 0.5) is 5.69 Å². The van der Waals surface area contributed by atoms with E-state index in [0.29, 0.717) is 28.6 Å². The number of ketones is 1. The molecular weight excluding hydrogens is 449 g/mol. The lowest BCUT2D eigenvalue weighted by Crippen LogP contribution is -2.40. The topological polar surface area (TPSA) is 37.4 Å². The Morgan fingerprint density at radius 2 is 1.63 bits per heavy atom. The molecule has 0 saturated heterocycles. The lowest BCUT2D eigenvalue weighted by Gasteiger charge is -2.38. The molecule has 1 aliphatic heterocycles. The third kappa shape index (κ3) is 3.58. The molecule has 0 N–H and O–H groups in total. The molecule has 0 bridgehead atoms. The number of Topliss-reactive ketones (excluding diaryl/α,β-unsaturated/α-hetero) is 1. The van der Waals surface area contributed by atoms with E-state index >= 15 is 0 Å². The predicted molar refractivity (Wildman–Crippen MR) is 111 cm³/mol. The molecule has 1 unspecified atom stereocenters. The minimum atomic E-state index is -0.209. The highest BCUT2D eigenvalue weighted by Crippen LogP contribution is 2.44. The fraction of sp³-hybridized carbons (Fsp3) is 0.238. The molecule has 0 aromatic heterocycles. The zero-order valence-corrected chi connectivity index (χ0v) is 17.4. The number of nitrogens with zero attached hydrogens (tertiary/aromatic N) is 1. The number of halogens is 3. The van der Waals surface area contributed by atoms with Gasteiger partial charge in [-0.05, 0) is 48.7 Å². The van der Waals surface area contributed by atoms with E-state index in [1.165, 1.54) is 0 Å². The Balaban J connectivity index is 1.86. The van der Waals surface area contributed by atoms with Crippen molar-refractivity contribution in [1.82, 2.24) is 0 Å². The largest absolute Gasteiger partial charge is 0.294 e. The molecule has 6 heteroatoms. The molecule has 1 aliphatic carbocycles. The van der Waals surface area contributed by atoms with Gasteiger partial charge in [0.15, 0.2) is 5.78 Å². The van der Waals surface area contributed by atoms with Gasteiger partial charge in [0.1, 0.15) is 0 Å². The Hall–Kier alpha value is -1.62. The lowest BCUT2D eigenvalue weighted by molar-refractivity contribution is -0.119. The third-order valence-electron chi connectivity index (χ3n) is 5.05. The van der Waals surface area contributed by atoms with Gasteiger partial charge in [-0.3, -0.25) is 14.5 Å². The van der Waals surface area contributed by atoms with Crippen molar-refractivity contribution in [2.75, 3.05) is 4.90 Å². The van der Waals surface area contributed by atoms with Crippen LogP contribution in [0.3, 0.4) is 0 Å². The van der Waals surface area contributed by atoms with Gasteiger partial charge >= 0.3 is 0 Å². The van der Waals surface area contributed by atoms with E-state index < -0.39 is 0 Å². The molecule has 1 amide bonds. The molecule has 2 aliphatic rings. The van der Waals surface area contributed by atoms with Gasteiger partial charge in [0.2, 0.25) is 5.91 Å². The number of benzene rings is 2. The summed E-state index contributed by atoms with van der Waals surface area (Å²) in [6.45, 7) is 0. The molecule has 1 atom stereocenters. The molecule has 0 fully saturated rings. The van der Waals surface area contributed by atoms with E-state index in [2.05, 4.69) is 15.9 Å². The van der Waals surface area contributed by atoms with Crippen LogP contribution >= 0.6 is 39.1 Å². The van der Waals surface area contributed by atoms with Crippen molar-refractivity contribution in [2.24, 2.45) is 0 Å². The van der Waals surface area contributed by atoms with Crippen molar-refractivity contribution in [3.8, 4) is 0 Å². The van der Waals surface area contributed by atoms with Gasteiger partial charge in [-0.25, -0.2) is 0 Å². The quantitative estimate of drug-likeness (QED) is 0.524. The standard InChI is InChI=1S/C21H16BrCl2NO2/c22-13-6-4-12(5-7-13)17-11-20(27)25(16-9-14(23)8-15(24)10-16)18-2-1-3-19(26)21(17)18/h4-10,17H,1-3,11H2. The van der Waals surface area contributed by atoms with Gasteiger partial charge < -0.3 is 0 Å². The van der Waals surface area contributed by atoms with Crippen molar-refractivity contribution in [3.05, 3.63) is 73.8 Å². The number of carbonyl (C=O) groups is 2. The van der Waals surface area contributed by atoms with Gasteiger partial charge in [-0.15, -0.1) is 0 Å². The molecule has 2 aromatic rings. The number of carbonyl (C=O) groups excluding carboxylic acids is 2. The van der Waals surface area contributed by atoms with Gasteiger partial charge in [0.05, 0.1) is 5.69 Å². The van der Waals surface area contributed by atoms with Crippen LogP contribution in [0.25, 0.3) is 0 Å². The molecule has 138 valence electrons. The molecule has 3 nitrogen and oxygen atoms in total. The average Bonchev–Trinajstić information content (AvgIpc) is 2.61. The molecule has 4 rings (SSSR count). The maximum atomic E-state index is 13.1. The van der Waals surface area contributed by atoms with Gasteiger partial charge in [-0.2, -0.15) is 0 Å². The number of hydrogen-bond acceptors (Lipinski definition) is 2. The summed E-state index contributed by atoms with van der Waals surface area (Å²) in [5.74, 6) is -0.135. The molecule has 1 heterocycles. The molecule has 0 radical (unpaired) electrons. The summed E-state index contributed by atoms with van der Waals surface area (Å²) in [4.78, 5) is 27.6. The number of rotatable bonds is 2. The van der Waals surface area contributed by atoms with Crippen molar-refractivity contribution >= 4 is 56.5 Å². The van der Waals surface area contributed by atoms with Crippen molar-refractivity contribution < 1.29 is 9.59 Å². The molecular formula is C21H16BrCl2NO2. The van der Waals surface area contributed by atoms with Crippen LogP contribution < -0.4 is 4.90 Å². The van der Waals surface area contributed by atoms with Crippen LogP contribution in [0.2, 0.25) is 10.0 Å². The zero-order valence-electron chi connectivity index (χ0n) is 14.3. The Labute approximate surface area is 176 Å². The van der Waals surface area contributed by atoms with Gasteiger partial charge in [0, 0.05) is 44.5 Å². The molecule has 27 heavy (non-hydrogen) atoms. The Bertz CT molecular complexity index is 948. The van der Waals surface area contributed by atoms with E-state index in [-0.39, 0.29) is 24.0 Å². The van der Waals surface area contributed by atoms with Crippen LogP contribution in [-0.4, -0.2) is 11.7 Å². The van der Waals surface area contributed by atoms with E-state index in [4.69, 9.17) is 23.2 Å². The Morgan fingerprint density at radius 3 is 2.30 bits per heavy atom. The summed E-state index contributed by atoms with van der Waals surface area (Å²) >= 11 is 15.7. The molecule has 0 spiro atoms. The maximum absolute atomic E-state index is 13.1. The smallest absolute Gasteiger partial charge is 0.232 e. The summed E-state index contributed by atoms with van der Waals surface area (Å²) in [6.07, 6.45) is 2.19. The fourth-order valence-corrected chi connectivity index (χ4v) is 4.72. The first-order valence-corrected chi connectivity index (χ1v) is 10.3. The summed E-state index contributed by atoms with van der Waals surface area (Å²) in [5.41, 5.74) is 3.14. The molecule has 2 aromatic carbocycles. The monoisotopic (exact) mass is 463 g/mol. The third-order valence-corrected chi connectivity index (χ3v) is 6.02. The summed E-state index contributed by atoms with van der Waals surface area (Å²) in [5, 5.41) is 0.925. The minimum Gasteiger partial charge on any atom is -0.294 e. The zero-order chi connectivity index (χ0) is 19.1. The van der Waals surface area contributed by atoms with E-state index in [1.54, 1.807) is 23.1 Å². The summed E-state index contributed by atoms with van der Waals surface area (Å²) in [6, 6.07) is 12.9. The van der Waals surface area contributed by atoms with Gasteiger partial charge in [-0.1, -0.05) is 51.3 Å². The minimum absolute atomic E-state index is 0.0466. The summed E-state index contributed by atoms with van der Waals surface area (Å²) < 4.78 is 0.966. The first-order chi connectivity index (χ1) is 12.9. The van der Waals surface area contributed by atoms with E-state index in [0.717, 1.165) is 27.7 Å². The Kier molecular flexibility index (Phi) is 5.15. The van der Waals surface area contributed by atoms with E-state index in [9.17, 15) is 9.59 Å². The highest BCUT2D eigenvalue weighted by atomic mass is 79.9. The first kappa shape index (κ1) is 18.7. The normalized spacial score (nSPS) is 20.1. The lowest BCUT2D eigenvalue weighted by atomic mass is 9.77. The van der Waals surface area contributed by atoms with Crippen LogP contribution in [-0.2, 0) is 9.59 Å². The number of amides is 1. The van der Waals surface area contributed by atoms with Crippen LogP contribution in [0.5, 0.6) is 0 Å². The number of hydrogen-bond donors (Lipinski definition) is 0. The number of allylic oxidation sites excluding steroid dienone is 2. The van der Waals surface area contributed by atoms with Gasteiger partial charge in [0.25, 0.3) is 0 Å². The van der Waals surface area contributed by atoms with Crippen molar-refractivity contribution in [2.45, 2.75) is 31.6 Å². The highest BCUT2D eigenvalue weighted by Gasteiger charge is 2.39. The van der Waals surface area contributed by atoms with Crippen LogP contribution in [0.15, 0.2) is 58.2 Å². The molecule has 0 saturated carbocycles. The summed E-state index contributed by atoms with van der Waals surface area (Å²) in [7, 11) is 0. The van der Waals surface area contributed by atoms with Crippen LogP contribution in [0, 0.1) is 0 Å². The highest BCUT2D eigenvalue weighted by molar-refractivity contribution is 9.10. The predicted octanol–water partition coefficient (Wildman–Crippen LogP) is 6.28. The van der Waals surface area contributed by atoms with E-state index in [1.807, 2.05) is 24.3 Å². The average molecular weight is 465 g/mol. The number of anilines is 1.